The predicted molar refractivity (Wildman–Crippen MR) is 279 cm³/mol. The molecular formula is C54H108O4S2Sn. The molecule has 364 valence electrons. The molecular weight excluding hydrogens is 895 g/mol. The molecule has 2 atom stereocenters. The van der Waals surface area contributed by atoms with Crippen molar-refractivity contribution in [3.05, 3.63) is 0 Å². The van der Waals surface area contributed by atoms with E-state index in [1.807, 2.05) is 0 Å². The van der Waals surface area contributed by atoms with E-state index in [0.717, 1.165) is 73.1 Å². The molecule has 0 saturated heterocycles. The summed E-state index contributed by atoms with van der Waals surface area (Å²) in [4.78, 5) is 28.4. The van der Waals surface area contributed by atoms with Gasteiger partial charge in [-0.05, 0) is 0 Å². The molecule has 0 aliphatic heterocycles. The summed E-state index contributed by atoms with van der Waals surface area (Å²) in [6.07, 6.45) is 52.5. The zero-order valence-electron chi connectivity index (χ0n) is 41.7. The molecule has 0 radical (unpaired) electrons. The molecule has 0 aliphatic carbocycles. The third-order valence-corrected chi connectivity index (χ3v) is 23.8. The minimum atomic E-state index is -4.20. The van der Waals surface area contributed by atoms with Crippen molar-refractivity contribution >= 4 is 56.4 Å². The number of hydrogen-bond acceptors (Lipinski definition) is 6. The minimum absolute atomic E-state index is 0.120. The van der Waals surface area contributed by atoms with Gasteiger partial charge in [-0.25, -0.2) is 0 Å². The van der Waals surface area contributed by atoms with Gasteiger partial charge in [0.2, 0.25) is 0 Å². The number of carbonyl (C=O) groups is 2. The normalized spacial score (nSPS) is 12.8. The van der Waals surface area contributed by atoms with Gasteiger partial charge in [-0.1, -0.05) is 39.5 Å². The molecule has 0 N–H and O–H groups in total. The summed E-state index contributed by atoms with van der Waals surface area (Å²) in [5.74, 6) is 0.317. The van der Waals surface area contributed by atoms with E-state index in [9.17, 15) is 9.59 Å². The van der Waals surface area contributed by atoms with Crippen LogP contribution in [0.2, 0.25) is 8.87 Å². The van der Waals surface area contributed by atoms with Crippen molar-refractivity contribution in [2.24, 2.45) is 11.8 Å². The number of thiol groups is 2. The standard InChI is InChI=1S/2C15H30O2S.2C12H25.Sn/c2*1-2-3-4-5-6-7-8-9-10-11-12-14(13-18)15(16)17;2*1-3-5-7-9-11-12-10-8-6-4-2;/h2*14,18H,2-13H2,1H3,(H,16,17);2*1,3-12H2,2H3;/q;;;;+2/p-2. The third kappa shape index (κ3) is 39.3. The van der Waals surface area contributed by atoms with Crippen LogP contribution < -0.4 is 0 Å². The molecule has 0 rings (SSSR count). The second-order valence-electron chi connectivity index (χ2n) is 19.3. The summed E-state index contributed by atoms with van der Waals surface area (Å²) in [5.41, 5.74) is 0. The van der Waals surface area contributed by atoms with Gasteiger partial charge in [-0.15, -0.1) is 0 Å². The third-order valence-electron chi connectivity index (χ3n) is 13.3. The molecule has 0 bridgehead atoms. The van der Waals surface area contributed by atoms with Crippen LogP contribution in [0.1, 0.15) is 297 Å². The Morgan fingerprint density at radius 3 is 0.738 bits per heavy atom. The van der Waals surface area contributed by atoms with Crippen LogP contribution in [0.25, 0.3) is 0 Å². The van der Waals surface area contributed by atoms with Gasteiger partial charge in [-0.3, -0.25) is 0 Å². The minimum Gasteiger partial charge on any atom is -0.0654 e. The Hall–Kier alpha value is 0.439. The first-order chi connectivity index (χ1) is 29.9. The molecule has 0 fully saturated rings. The molecule has 2 unspecified atom stereocenters. The van der Waals surface area contributed by atoms with Crippen molar-refractivity contribution in [2.75, 3.05) is 11.5 Å². The molecule has 0 aromatic carbocycles. The summed E-state index contributed by atoms with van der Waals surface area (Å²) in [7, 11) is 0. The van der Waals surface area contributed by atoms with Crippen molar-refractivity contribution < 1.29 is 15.7 Å². The summed E-state index contributed by atoms with van der Waals surface area (Å²) < 4.78 is 15.2. The van der Waals surface area contributed by atoms with E-state index in [4.69, 9.17) is 31.4 Å². The van der Waals surface area contributed by atoms with Crippen LogP contribution in [0, 0.1) is 11.8 Å². The monoisotopic (exact) mass is 1000 g/mol. The van der Waals surface area contributed by atoms with Crippen LogP contribution in [0.4, 0.5) is 0 Å². The first-order valence-corrected chi connectivity index (χ1v) is 35.2. The van der Waals surface area contributed by atoms with E-state index in [1.165, 1.54) is 205 Å². The van der Waals surface area contributed by atoms with Crippen LogP contribution in [-0.2, 0) is 15.7 Å². The molecule has 0 heterocycles. The predicted octanol–water partition coefficient (Wildman–Crippen LogP) is 19.1. The Bertz CT molecular complexity index is 847. The van der Waals surface area contributed by atoms with Crippen molar-refractivity contribution in [1.29, 1.82) is 0 Å². The fourth-order valence-corrected chi connectivity index (χ4v) is 19.2. The van der Waals surface area contributed by atoms with Crippen molar-refractivity contribution in [1.82, 2.24) is 0 Å². The molecule has 61 heavy (non-hydrogen) atoms. The summed E-state index contributed by atoms with van der Waals surface area (Å²) in [5, 5.41) is 0. The van der Waals surface area contributed by atoms with Gasteiger partial charge < -0.3 is 0 Å². The zero-order valence-corrected chi connectivity index (χ0v) is 46.4. The Labute approximate surface area is 399 Å². The average molecular weight is 1000 g/mol. The molecule has 0 spiro atoms. The topological polar surface area (TPSA) is 52.6 Å². The second kappa shape index (κ2) is 48.4. The number of carbonyl (C=O) groups excluding carboxylic acids is 2. The Morgan fingerprint density at radius 1 is 0.328 bits per heavy atom. The number of hydrogen-bond donors (Lipinski definition) is 2. The van der Waals surface area contributed by atoms with Gasteiger partial charge in [0.1, 0.15) is 0 Å². The fraction of sp³-hybridized carbons (Fsp3) is 0.963. The van der Waals surface area contributed by atoms with Crippen molar-refractivity contribution in [3.63, 3.8) is 0 Å². The first kappa shape index (κ1) is 61.4. The van der Waals surface area contributed by atoms with Crippen LogP contribution in [0.15, 0.2) is 0 Å². The average Bonchev–Trinajstić information content (AvgIpc) is 3.26. The summed E-state index contributed by atoms with van der Waals surface area (Å²) in [6.45, 7) is 9.12. The van der Waals surface area contributed by atoms with Crippen LogP contribution >= 0.6 is 25.3 Å². The fourth-order valence-electron chi connectivity index (χ4n) is 8.97. The molecule has 4 nitrogen and oxygen atoms in total. The Morgan fingerprint density at radius 2 is 0.525 bits per heavy atom. The van der Waals surface area contributed by atoms with Crippen molar-refractivity contribution in [3.8, 4) is 0 Å². The van der Waals surface area contributed by atoms with Gasteiger partial charge in [0.25, 0.3) is 0 Å². The van der Waals surface area contributed by atoms with Gasteiger partial charge in [-0.2, -0.15) is 0 Å². The van der Waals surface area contributed by atoms with E-state index in [2.05, 4.69) is 27.7 Å². The van der Waals surface area contributed by atoms with Crippen LogP contribution in [-0.4, -0.2) is 42.6 Å². The summed E-state index contributed by atoms with van der Waals surface area (Å²) >= 11 is 5.21. The van der Waals surface area contributed by atoms with Gasteiger partial charge >= 0.3 is 362 Å². The first-order valence-electron chi connectivity index (χ1n) is 27.6. The molecule has 0 aliphatic rings. The van der Waals surface area contributed by atoms with E-state index < -0.39 is 19.2 Å². The smallest absolute Gasteiger partial charge is 0.0654 e. The Balaban J connectivity index is 5.68. The number of unbranched alkanes of at least 4 members (excludes halogenated alkanes) is 36. The maximum absolute atomic E-state index is 14.2. The maximum atomic E-state index is 14.2. The molecule has 0 aromatic heterocycles. The Kier molecular flexibility index (Phi) is 48.7. The van der Waals surface area contributed by atoms with Crippen LogP contribution in [0.3, 0.4) is 0 Å². The summed E-state index contributed by atoms with van der Waals surface area (Å²) in [6, 6.07) is 0. The van der Waals surface area contributed by atoms with Gasteiger partial charge in [0, 0.05) is 0 Å². The SMILES string of the molecule is CCCCCCCCCCCCC(CS)C(=O)[O][Sn]([CH2]CCCCCCCCCCC)([CH2]CCCCCCCCCCC)[O]C(=O)C(CS)CCCCCCCCCCCC. The van der Waals surface area contributed by atoms with Crippen molar-refractivity contribution in [2.45, 2.75) is 306 Å². The quantitative estimate of drug-likeness (QED) is 0.0362. The van der Waals surface area contributed by atoms with E-state index >= 15 is 0 Å². The molecule has 0 aromatic rings. The van der Waals surface area contributed by atoms with Gasteiger partial charge in [0.05, 0.1) is 0 Å². The van der Waals surface area contributed by atoms with Gasteiger partial charge in [0.15, 0.2) is 0 Å². The van der Waals surface area contributed by atoms with E-state index in [-0.39, 0.29) is 23.8 Å². The zero-order chi connectivity index (χ0) is 44.8. The molecule has 7 heteroatoms. The molecule has 0 saturated carbocycles. The van der Waals surface area contributed by atoms with E-state index in [0.29, 0.717) is 11.5 Å². The number of rotatable bonds is 50. The second-order valence-corrected chi connectivity index (χ2v) is 29.3. The molecule has 0 amide bonds. The van der Waals surface area contributed by atoms with Crippen LogP contribution in [0.5, 0.6) is 0 Å². The van der Waals surface area contributed by atoms with E-state index in [1.54, 1.807) is 0 Å².